The molecule has 0 saturated heterocycles. The molecule has 0 aliphatic rings. The molecule has 22 heavy (non-hydrogen) atoms. The van der Waals surface area contributed by atoms with Crippen molar-refractivity contribution < 1.29 is 4.79 Å². The Hall–Kier alpha value is -2.69. The summed E-state index contributed by atoms with van der Waals surface area (Å²) in [5.74, 6) is 0.753. The van der Waals surface area contributed by atoms with Gasteiger partial charge in [-0.1, -0.05) is 0 Å². The van der Waals surface area contributed by atoms with E-state index in [1.54, 1.807) is 13.0 Å². The SMILES string of the molecule is CC(=O)c1c(C)nc(C)n1-c1cc(C)c2[nH]c(=O)ccc2c1. The van der Waals surface area contributed by atoms with Crippen LogP contribution < -0.4 is 5.56 Å². The molecule has 0 unspecified atom stereocenters. The van der Waals surface area contributed by atoms with Crippen molar-refractivity contribution in [3.05, 3.63) is 57.4 Å². The summed E-state index contributed by atoms with van der Waals surface area (Å²) in [6, 6.07) is 7.21. The van der Waals surface area contributed by atoms with Crippen LogP contribution in [0, 0.1) is 20.8 Å². The van der Waals surface area contributed by atoms with Gasteiger partial charge in [0.25, 0.3) is 0 Å². The summed E-state index contributed by atoms with van der Waals surface area (Å²) in [7, 11) is 0. The highest BCUT2D eigenvalue weighted by atomic mass is 16.1. The number of H-pyrrole nitrogens is 1. The molecule has 3 rings (SSSR count). The number of nitrogens with zero attached hydrogens (tertiary/aromatic N) is 2. The highest BCUT2D eigenvalue weighted by Gasteiger charge is 2.17. The zero-order valence-corrected chi connectivity index (χ0v) is 13.0. The second-order valence-electron chi connectivity index (χ2n) is 5.53. The number of hydrogen-bond donors (Lipinski definition) is 1. The van der Waals surface area contributed by atoms with Crippen molar-refractivity contribution in [2.24, 2.45) is 0 Å². The van der Waals surface area contributed by atoms with E-state index in [9.17, 15) is 9.59 Å². The second-order valence-corrected chi connectivity index (χ2v) is 5.53. The Morgan fingerprint density at radius 1 is 1.18 bits per heavy atom. The quantitative estimate of drug-likeness (QED) is 0.739. The van der Waals surface area contributed by atoms with Crippen LogP contribution in [0.15, 0.2) is 29.1 Å². The third kappa shape index (κ3) is 2.15. The van der Waals surface area contributed by atoms with Crippen molar-refractivity contribution in [1.82, 2.24) is 14.5 Å². The van der Waals surface area contributed by atoms with E-state index < -0.39 is 0 Å². The van der Waals surface area contributed by atoms with Crippen LogP contribution in [-0.4, -0.2) is 20.3 Å². The summed E-state index contributed by atoms with van der Waals surface area (Å²) in [5, 5.41) is 0.926. The van der Waals surface area contributed by atoms with Crippen molar-refractivity contribution in [3.8, 4) is 5.69 Å². The number of carbonyl (C=O) groups excluding carboxylic acids is 1. The average molecular weight is 295 g/mol. The lowest BCUT2D eigenvalue weighted by Crippen LogP contribution is -2.09. The fourth-order valence-electron chi connectivity index (χ4n) is 2.95. The van der Waals surface area contributed by atoms with Crippen LogP contribution in [0.3, 0.4) is 0 Å². The third-order valence-corrected chi connectivity index (χ3v) is 3.82. The molecule has 0 radical (unpaired) electrons. The molecule has 3 aromatic rings. The maximum Gasteiger partial charge on any atom is 0.248 e. The van der Waals surface area contributed by atoms with Gasteiger partial charge in [-0.05, 0) is 44.5 Å². The van der Waals surface area contributed by atoms with E-state index in [-0.39, 0.29) is 11.3 Å². The number of ketones is 1. The molecule has 0 bridgehead atoms. The molecule has 5 nitrogen and oxygen atoms in total. The van der Waals surface area contributed by atoms with Crippen molar-refractivity contribution >= 4 is 16.7 Å². The largest absolute Gasteiger partial charge is 0.322 e. The number of fused-ring (bicyclic) bond motifs is 1. The normalized spacial score (nSPS) is 11.1. The number of aromatic amines is 1. The molecule has 0 spiro atoms. The van der Waals surface area contributed by atoms with Gasteiger partial charge in [0.2, 0.25) is 5.56 Å². The van der Waals surface area contributed by atoms with Gasteiger partial charge in [-0.2, -0.15) is 0 Å². The Kier molecular flexibility index (Phi) is 3.20. The number of carbonyl (C=O) groups is 1. The van der Waals surface area contributed by atoms with Crippen molar-refractivity contribution in [2.75, 3.05) is 0 Å². The lowest BCUT2D eigenvalue weighted by molar-refractivity contribution is 0.101. The maximum absolute atomic E-state index is 12.0. The number of Topliss-reactive ketones (excluding diaryl/α,β-unsaturated/α-hetero) is 1. The number of benzene rings is 1. The van der Waals surface area contributed by atoms with Crippen LogP contribution in [0.1, 0.15) is 34.5 Å². The Labute approximate surface area is 127 Å². The first-order chi connectivity index (χ1) is 10.4. The number of nitrogens with one attached hydrogen (secondary N) is 1. The Bertz CT molecular complexity index is 964. The Balaban J connectivity index is 2.35. The summed E-state index contributed by atoms with van der Waals surface area (Å²) >= 11 is 0. The predicted octanol–water partition coefficient (Wildman–Crippen LogP) is 2.84. The molecule has 5 heteroatoms. The molecule has 0 aliphatic heterocycles. The number of pyridine rings is 1. The number of aromatic nitrogens is 3. The summed E-state index contributed by atoms with van der Waals surface area (Å²) < 4.78 is 1.87. The molecule has 112 valence electrons. The van der Waals surface area contributed by atoms with Gasteiger partial charge in [0.05, 0.1) is 11.2 Å². The van der Waals surface area contributed by atoms with Gasteiger partial charge in [-0.3, -0.25) is 14.2 Å². The lowest BCUT2D eigenvalue weighted by Gasteiger charge is -2.12. The molecule has 0 atom stereocenters. The summed E-state index contributed by atoms with van der Waals surface area (Å²) in [6.07, 6.45) is 0. The summed E-state index contributed by atoms with van der Waals surface area (Å²) in [6.45, 7) is 7.21. The highest BCUT2D eigenvalue weighted by Crippen LogP contribution is 2.24. The van der Waals surface area contributed by atoms with Crippen molar-refractivity contribution in [1.29, 1.82) is 0 Å². The molecular formula is C17H17N3O2. The fourth-order valence-corrected chi connectivity index (χ4v) is 2.95. The number of rotatable bonds is 2. The monoisotopic (exact) mass is 295 g/mol. The summed E-state index contributed by atoms with van der Waals surface area (Å²) in [4.78, 5) is 30.7. The average Bonchev–Trinajstić information content (AvgIpc) is 2.74. The first-order valence-electron chi connectivity index (χ1n) is 7.09. The van der Waals surface area contributed by atoms with Crippen molar-refractivity contribution in [2.45, 2.75) is 27.7 Å². The predicted molar refractivity (Wildman–Crippen MR) is 85.9 cm³/mol. The zero-order chi connectivity index (χ0) is 16.0. The van der Waals surface area contributed by atoms with Gasteiger partial charge in [0.1, 0.15) is 11.5 Å². The van der Waals surface area contributed by atoms with E-state index in [1.807, 2.05) is 37.5 Å². The molecule has 2 aromatic heterocycles. The van der Waals surface area contributed by atoms with Crippen LogP contribution in [0.5, 0.6) is 0 Å². The molecule has 0 amide bonds. The Morgan fingerprint density at radius 2 is 1.91 bits per heavy atom. The highest BCUT2D eigenvalue weighted by molar-refractivity contribution is 5.94. The molecule has 0 saturated carbocycles. The minimum absolute atomic E-state index is 0.0164. The van der Waals surface area contributed by atoms with E-state index in [4.69, 9.17) is 0 Å². The third-order valence-electron chi connectivity index (χ3n) is 3.82. The van der Waals surface area contributed by atoms with Gasteiger partial charge in [0.15, 0.2) is 5.78 Å². The lowest BCUT2D eigenvalue weighted by atomic mass is 10.1. The Morgan fingerprint density at radius 3 is 2.59 bits per heavy atom. The van der Waals surface area contributed by atoms with E-state index >= 15 is 0 Å². The van der Waals surface area contributed by atoms with Crippen LogP contribution in [0.2, 0.25) is 0 Å². The molecule has 0 fully saturated rings. The van der Waals surface area contributed by atoms with Crippen LogP contribution in [-0.2, 0) is 0 Å². The van der Waals surface area contributed by atoms with Gasteiger partial charge in [-0.25, -0.2) is 4.98 Å². The van der Waals surface area contributed by atoms with Gasteiger partial charge in [-0.15, -0.1) is 0 Å². The molecule has 0 aliphatic carbocycles. The zero-order valence-electron chi connectivity index (χ0n) is 13.0. The standard InChI is InChI=1S/C17H17N3O2/c1-9-7-14(8-13-5-6-15(22)19-16(9)13)20-12(4)18-10(2)17(20)11(3)21/h5-8H,1-4H3,(H,19,22). The van der Waals surface area contributed by atoms with Crippen LogP contribution in [0.25, 0.3) is 16.6 Å². The van der Waals surface area contributed by atoms with Crippen LogP contribution >= 0.6 is 0 Å². The minimum Gasteiger partial charge on any atom is -0.322 e. The first-order valence-corrected chi connectivity index (χ1v) is 7.09. The molecule has 1 N–H and O–H groups in total. The number of aryl methyl sites for hydroxylation is 3. The van der Waals surface area contributed by atoms with E-state index in [0.29, 0.717) is 5.69 Å². The van der Waals surface area contributed by atoms with Gasteiger partial charge < -0.3 is 4.98 Å². The molecular weight excluding hydrogens is 278 g/mol. The maximum atomic E-state index is 12.0. The second kappa shape index (κ2) is 4.94. The van der Waals surface area contributed by atoms with E-state index in [0.717, 1.165) is 33.7 Å². The minimum atomic E-state index is -0.123. The van der Waals surface area contributed by atoms with Crippen LogP contribution in [0.4, 0.5) is 0 Å². The van der Waals surface area contributed by atoms with Gasteiger partial charge in [0, 0.05) is 24.1 Å². The van der Waals surface area contributed by atoms with Crippen molar-refractivity contribution in [3.63, 3.8) is 0 Å². The van der Waals surface area contributed by atoms with E-state index in [2.05, 4.69) is 9.97 Å². The molecule has 2 heterocycles. The fraction of sp³-hybridized carbons (Fsp3) is 0.235. The smallest absolute Gasteiger partial charge is 0.248 e. The number of hydrogen-bond acceptors (Lipinski definition) is 3. The molecule has 1 aromatic carbocycles. The number of imidazole rings is 1. The topological polar surface area (TPSA) is 67.8 Å². The summed E-state index contributed by atoms with van der Waals surface area (Å²) in [5.41, 5.74) is 3.84. The van der Waals surface area contributed by atoms with E-state index in [1.165, 1.54) is 6.07 Å². The van der Waals surface area contributed by atoms with Gasteiger partial charge >= 0.3 is 0 Å². The first kappa shape index (κ1) is 14.3.